The normalized spacial score (nSPS) is 23.9. The third-order valence-electron chi connectivity index (χ3n) is 3.23. The Morgan fingerprint density at radius 3 is 2.50 bits per heavy atom. The Hall–Kier alpha value is -1.33. The minimum atomic E-state index is -2.86. The van der Waals surface area contributed by atoms with Crippen LogP contribution in [-0.4, -0.2) is 15.6 Å². The quantitative estimate of drug-likeness (QED) is 0.814. The SMILES string of the molecule is CC(C)n1nc(C(F)F)c2c1C(C)(F)CCC2=O. The summed E-state index contributed by atoms with van der Waals surface area (Å²) in [5, 5.41) is 3.74. The summed E-state index contributed by atoms with van der Waals surface area (Å²) >= 11 is 0. The molecule has 2 rings (SSSR count). The summed E-state index contributed by atoms with van der Waals surface area (Å²) in [4.78, 5) is 11.8. The highest BCUT2D eigenvalue weighted by Crippen LogP contribution is 2.42. The number of carbonyl (C=O) groups excluding carboxylic acids is 1. The molecular weight excluding hydrogens is 245 g/mol. The maximum atomic E-state index is 14.5. The molecule has 0 amide bonds. The van der Waals surface area contributed by atoms with E-state index in [0.717, 1.165) is 0 Å². The maximum Gasteiger partial charge on any atom is 0.282 e. The lowest BCUT2D eigenvalue weighted by atomic mass is 9.84. The highest BCUT2D eigenvalue weighted by molar-refractivity contribution is 5.99. The van der Waals surface area contributed by atoms with Crippen LogP contribution in [0, 0.1) is 0 Å². The molecule has 0 aliphatic heterocycles. The van der Waals surface area contributed by atoms with Crippen molar-refractivity contribution in [2.45, 2.75) is 51.7 Å². The number of rotatable bonds is 2. The largest absolute Gasteiger partial charge is 0.294 e. The number of nitrogens with zero attached hydrogens (tertiary/aromatic N) is 2. The van der Waals surface area contributed by atoms with Gasteiger partial charge < -0.3 is 0 Å². The smallest absolute Gasteiger partial charge is 0.282 e. The molecule has 0 aromatic carbocycles. The molecule has 0 saturated heterocycles. The topological polar surface area (TPSA) is 34.9 Å². The number of alkyl halides is 3. The van der Waals surface area contributed by atoms with Crippen molar-refractivity contribution >= 4 is 5.78 Å². The van der Waals surface area contributed by atoms with Gasteiger partial charge in [0.25, 0.3) is 6.43 Å². The number of halogens is 3. The molecule has 0 spiro atoms. The summed E-state index contributed by atoms with van der Waals surface area (Å²) in [7, 11) is 0. The molecule has 18 heavy (non-hydrogen) atoms. The lowest BCUT2D eigenvalue weighted by Gasteiger charge is -2.27. The van der Waals surface area contributed by atoms with Gasteiger partial charge in [-0.1, -0.05) is 0 Å². The molecule has 100 valence electrons. The Morgan fingerprint density at radius 1 is 1.39 bits per heavy atom. The molecule has 6 heteroatoms. The van der Waals surface area contributed by atoms with Crippen LogP contribution in [0.1, 0.15) is 67.8 Å². The first-order valence-corrected chi connectivity index (χ1v) is 5.89. The summed E-state index contributed by atoms with van der Waals surface area (Å²) in [6, 6.07) is -0.271. The van der Waals surface area contributed by atoms with Gasteiger partial charge in [0, 0.05) is 12.5 Å². The zero-order valence-corrected chi connectivity index (χ0v) is 10.5. The van der Waals surface area contributed by atoms with Gasteiger partial charge in [-0.05, 0) is 27.2 Å². The van der Waals surface area contributed by atoms with E-state index in [1.807, 2.05) is 0 Å². The average Bonchev–Trinajstić information content (AvgIpc) is 2.66. The van der Waals surface area contributed by atoms with Crippen LogP contribution < -0.4 is 0 Å². The van der Waals surface area contributed by atoms with Crippen molar-refractivity contribution in [1.29, 1.82) is 0 Å². The van der Waals surface area contributed by atoms with Crippen LogP contribution in [0.3, 0.4) is 0 Å². The van der Waals surface area contributed by atoms with Crippen LogP contribution in [0.5, 0.6) is 0 Å². The Morgan fingerprint density at radius 2 is 2.00 bits per heavy atom. The van der Waals surface area contributed by atoms with Gasteiger partial charge in [0.2, 0.25) is 0 Å². The number of hydrogen-bond acceptors (Lipinski definition) is 2. The van der Waals surface area contributed by atoms with Crippen molar-refractivity contribution in [1.82, 2.24) is 9.78 Å². The van der Waals surface area contributed by atoms with Gasteiger partial charge >= 0.3 is 0 Å². The van der Waals surface area contributed by atoms with Crippen LogP contribution in [0.25, 0.3) is 0 Å². The third-order valence-corrected chi connectivity index (χ3v) is 3.23. The summed E-state index contributed by atoms with van der Waals surface area (Å²) in [6.45, 7) is 4.75. The maximum absolute atomic E-state index is 14.5. The van der Waals surface area contributed by atoms with E-state index >= 15 is 0 Å². The Balaban J connectivity index is 2.74. The van der Waals surface area contributed by atoms with Gasteiger partial charge in [-0.25, -0.2) is 13.2 Å². The second-order valence-corrected chi connectivity index (χ2v) is 5.07. The number of carbonyl (C=O) groups is 1. The fraction of sp³-hybridized carbons (Fsp3) is 0.667. The van der Waals surface area contributed by atoms with Crippen molar-refractivity contribution in [3.63, 3.8) is 0 Å². The molecule has 0 N–H and O–H groups in total. The number of fused-ring (bicyclic) bond motifs is 1. The molecule has 1 aliphatic carbocycles. The van der Waals surface area contributed by atoms with Gasteiger partial charge in [0.1, 0.15) is 5.69 Å². The zero-order chi connectivity index (χ0) is 13.7. The molecule has 1 aliphatic rings. The molecule has 1 aromatic rings. The van der Waals surface area contributed by atoms with E-state index in [1.54, 1.807) is 13.8 Å². The lowest BCUT2D eigenvalue weighted by molar-refractivity contribution is 0.0853. The first-order valence-electron chi connectivity index (χ1n) is 5.89. The zero-order valence-electron chi connectivity index (χ0n) is 10.5. The highest BCUT2D eigenvalue weighted by atomic mass is 19.3. The number of ketones is 1. The van der Waals surface area contributed by atoms with E-state index < -0.39 is 23.6 Å². The number of aromatic nitrogens is 2. The van der Waals surface area contributed by atoms with Crippen LogP contribution in [0.15, 0.2) is 0 Å². The second-order valence-electron chi connectivity index (χ2n) is 5.07. The summed E-state index contributed by atoms with van der Waals surface area (Å²) in [5.41, 5.74) is -2.58. The van der Waals surface area contributed by atoms with E-state index in [4.69, 9.17) is 0 Å². The number of hydrogen-bond donors (Lipinski definition) is 0. The average molecular weight is 260 g/mol. The van der Waals surface area contributed by atoms with Crippen LogP contribution in [-0.2, 0) is 5.67 Å². The van der Waals surface area contributed by atoms with Gasteiger partial charge in [-0.15, -0.1) is 0 Å². The molecular formula is C12H15F3N2O. The lowest BCUT2D eigenvalue weighted by Crippen LogP contribution is -2.29. The van der Waals surface area contributed by atoms with E-state index in [0.29, 0.717) is 0 Å². The van der Waals surface area contributed by atoms with Gasteiger partial charge in [0.05, 0.1) is 11.3 Å². The fourth-order valence-corrected chi connectivity index (χ4v) is 2.34. The second kappa shape index (κ2) is 4.10. The van der Waals surface area contributed by atoms with Gasteiger partial charge in [-0.2, -0.15) is 5.10 Å². The first kappa shape index (κ1) is 13.1. The summed E-state index contributed by atoms with van der Waals surface area (Å²) in [6.07, 6.45) is -2.90. The van der Waals surface area contributed by atoms with E-state index in [1.165, 1.54) is 11.6 Å². The van der Waals surface area contributed by atoms with Crippen LogP contribution in [0.2, 0.25) is 0 Å². The van der Waals surface area contributed by atoms with Crippen molar-refractivity contribution in [3.8, 4) is 0 Å². The molecule has 1 atom stereocenters. The van der Waals surface area contributed by atoms with Crippen molar-refractivity contribution < 1.29 is 18.0 Å². The Labute approximate surface area is 103 Å². The fourth-order valence-electron chi connectivity index (χ4n) is 2.34. The van der Waals surface area contributed by atoms with Gasteiger partial charge in [-0.3, -0.25) is 9.48 Å². The summed E-state index contributed by atoms with van der Waals surface area (Å²) in [5.74, 6) is -0.442. The monoisotopic (exact) mass is 260 g/mol. The molecule has 0 saturated carbocycles. The molecule has 0 fully saturated rings. The van der Waals surface area contributed by atoms with Crippen LogP contribution >= 0.6 is 0 Å². The molecule has 3 nitrogen and oxygen atoms in total. The molecule has 0 radical (unpaired) electrons. The molecule has 0 bridgehead atoms. The first-order chi connectivity index (χ1) is 8.25. The number of Topliss-reactive ketones (excluding diaryl/α,β-unsaturated/α-hetero) is 1. The Bertz CT molecular complexity index is 492. The minimum absolute atomic E-state index is 0.00375. The highest BCUT2D eigenvalue weighted by Gasteiger charge is 2.43. The van der Waals surface area contributed by atoms with Crippen LogP contribution in [0.4, 0.5) is 13.2 Å². The molecule has 1 heterocycles. The third kappa shape index (κ3) is 1.83. The standard InChI is InChI=1S/C12H15F3N2O/c1-6(2)17-10-8(9(16-17)11(13)14)7(18)4-5-12(10,3)15/h6,11H,4-5H2,1-3H3. The van der Waals surface area contributed by atoms with Crippen molar-refractivity contribution in [3.05, 3.63) is 17.0 Å². The Kier molecular flexibility index (Phi) is 2.99. The molecule has 1 unspecified atom stereocenters. The predicted molar refractivity (Wildman–Crippen MR) is 59.6 cm³/mol. The van der Waals surface area contributed by atoms with E-state index in [9.17, 15) is 18.0 Å². The molecule has 1 aromatic heterocycles. The van der Waals surface area contributed by atoms with Crippen molar-refractivity contribution in [2.24, 2.45) is 0 Å². The van der Waals surface area contributed by atoms with E-state index in [-0.39, 0.29) is 30.1 Å². The van der Waals surface area contributed by atoms with E-state index in [2.05, 4.69) is 5.10 Å². The summed E-state index contributed by atoms with van der Waals surface area (Å²) < 4.78 is 41.5. The van der Waals surface area contributed by atoms with Crippen molar-refractivity contribution in [2.75, 3.05) is 0 Å². The predicted octanol–water partition coefficient (Wildman–Crippen LogP) is 3.56. The van der Waals surface area contributed by atoms with Gasteiger partial charge in [0.15, 0.2) is 11.5 Å². The minimum Gasteiger partial charge on any atom is -0.294 e.